The number of rotatable bonds is 3. The van der Waals surface area contributed by atoms with Crippen LogP contribution >= 0.6 is 0 Å². The molecule has 0 bridgehead atoms. The summed E-state index contributed by atoms with van der Waals surface area (Å²) < 4.78 is 0. The van der Waals surface area contributed by atoms with Crippen molar-refractivity contribution >= 4 is 11.6 Å². The van der Waals surface area contributed by atoms with E-state index >= 15 is 0 Å². The lowest BCUT2D eigenvalue weighted by Crippen LogP contribution is -2.33. The van der Waals surface area contributed by atoms with Gasteiger partial charge in [-0.05, 0) is 37.7 Å². The van der Waals surface area contributed by atoms with Crippen LogP contribution in [0.3, 0.4) is 0 Å². The highest BCUT2D eigenvalue weighted by Crippen LogP contribution is 2.30. The van der Waals surface area contributed by atoms with Gasteiger partial charge >= 0.3 is 0 Å². The molecule has 0 radical (unpaired) electrons. The number of carbonyl (C=O) groups is 1. The first kappa shape index (κ1) is 14.8. The largest absolute Gasteiger partial charge is 0.383 e. The van der Waals surface area contributed by atoms with Crippen LogP contribution < -0.4 is 5.32 Å². The van der Waals surface area contributed by atoms with Crippen LogP contribution in [-0.4, -0.2) is 35.4 Å². The summed E-state index contributed by atoms with van der Waals surface area (Å²) in [4.78, 5) is 18.8. The lowest BCUT2D eigenvalue weighted by atomic mass is 9.85. The first-order valence-corrected chi connectivity index (χ1v) is 7.51. The van der Waals surface area contributed by atoms with Crippen LogP contribution in [0.15, 0.2) is 18.5 Å². The average molecular weight is 275 g/mol. The monoisotopic (exact) mass is 275 g/mol. The zero-order valence-corrected chi connectivity index (χ0v) is 12.8. The van der Waals surface area contributed by atoms with Crippen LogP contribution in [0.5, 0.6) is 0 Å². The van der Waals surface area contributed by atoms with Gasteiger partial charge in [-0.1, -0.05) is 13.8 Å². The standard InChI is InChI=1S/C16H25N3O/c1-4-18-14-12-17-9-6-13(14)15(20)19-10-5-7-16(2,3)8-11-19/h6,9,12,18H,4-5,7-8,10-11H2,1-3H3. The first-order chi connectivity index (χ1) is 9.53. The molecule has 20 heavy (non-hydrogen) atoms. The molecule has 2 rings (SSSR count). The average Bonchev–Trinajstić information content (AvgIpc) is 2.60. The van der Waals surface area contributed by atoms with E-state index in [1.807, 2.05) is 17.9 Å². The van der Waals surface area contributed by atoms with Crippen molar-refractivity contribution < 1.29 is 4.79 Å². The minimum absolute atomic E-state index is 0.126. The van der Waals surface area contributed by atoms with Gasteiger partial charge in [0.2, 0.25) is 0 Å². The fraction of sp³-hybridized carbons (Fsp3) is 0.625. The summed E-state index contributed by atoms with van der Waals surface area (Å²) in [5.41, 5.74) is 1.92. The van der Waals surface area contributed by atoms with Gasteiger partial charge in [0.25, 0.3) is 5.91 Å². The highest BCUT2D eigenvalue weighted by atomic mass is 16.2. The zero-order valence-electron chi connectivity index (χ0n) is 12.8. The number of hydrogen-bond acceptors (Lipinski definition) is 3. The fourth-order valence-corrected chi connectivity index (χ4v) is 2.71. The van der Waals surface area contributed by atoms with Crippen LogP contribution in [0.25, 0.3) is 0 Å². The summed E-state index contributed by atoms with van der Waals surface area (Å²) in [7, 11) is 0. The molecule has 1 N–H and O–H groups in total. The van der Waals surface area contributed by atoms with Gasteiger partial charge in [-0.15, -0.1) is 0 Å². The Bertz CT molecular complexity index is 471. The molecule has 4 nitrogen and oxygen atoms in total. The zero-order chi connectivity index (χ0) is 14.6. The summed E-state index contributed by atoms with van der Waals surface area (Å²) in [6.45, 7) is 9.10. The van der Waals surface area contributed by atoms with Gasteiger partial charge in [0.05, 0.1) is 17.4 Å². The molecule has 2 heterocycles. The molecule has 0 atom stereocenters. The Morgan fingerprint density at radius 3 is 2.95 bits per heavy atom. The quantitative estimate of drug-likeness (QED) is 0.921. The second kappa shape index (κ2) is 6.25. The number of nitrogens with one attached hydrogen (secondary N) is 1. The number of pyridine rings is 1. The van der Waals surface area contributed by atoms with Gasteiger partial charge in [0.15, 0.2) is 0 Å². The van der Waals surface area contributed by atoms with Crippen LogP contribution in [0.4, 0.5) is 5.69 Å². The fourth-order valence-electron chi connectivity index (χ4n) is 2.71. The van der Waals surface area contributed by atoms with Gasteiger partial charge in [0, 0.05) is 25.8 Å². The lowest BCUT2D eigenvalue weighted by Gasteiger charge is -2.24. The Morgan fingerprint density at radius 1 is 1.40 bits per heavy atom. The molecule has 1 saturated heterocycles. The maximum absolute atomic E-state index is 12.7. The van der Waals surface area contributed by atoms with Crippen molar-refractivity contribution in [2.24, 2.45) is 5.41 Å². The van der Waals surface area contributed by atoms with Gasteiger partial charge in [-0.2, -0.15) is 0 Å². The molecule has 1 aliphatic rings. The third kappa shape index (κ3) is 3.50. The van der Waals surface area contributed by atoms with Gasteiger partial charge in [0.1, 0.15) is 0 Å². The molecular weight excluding hydrogens is 250 g/mol. The van der Waals surface area contributed by atoms with Crippen molar-refractivity contribution in [2.75, 3.05) is 25.0 Å². The molecule has 110 valence electrons. The number of nitrogens with zero attached hydrogens (tertiary/aromatic N) is 2. The Balaban J connectivity index is 2.15. The van der Waals surface area contributed by atoms with E-state index in [2.05, 4.69) is 24.1 Å². The summed E-state index contributed by atoms with van der Waals surface area (Å²) >= 11 is 0. The van der Waals surface area contributed by atoms with Crippen LogP contribution in [0, 0.1) is 5.41 Å². The predicted molar refractivity (Wildman–Crippen MR) is 81.9 cm³/mol. The Morgan fingerprint density at radius 2 is 2.20 bits per heavy atom. The summed E-state index contributed by atoms with van der Waals surface area (Å²) in [5.74, 6) is 0.126. The number of amides is 1. The van der Waals surface area contributed by atoms with E-state index in [4.69, 9.17) is 0 Å². The van der Waals surface area contributed by atoms with Crippen LogP contribution in [0.1, 0.15) is 50.4 Å². The number of anilines is 1. The second-order valence-corrected chi connectivity index (χ2v) is 6.26. The lowest BCUT2D eigenvalue weighted by molar-refractivity contribution is 0.0758. The Labute approximate surface area is 121 Å². The third-order valence-corrected chi connectivity index (χ3v) is 4.05. The van der Waals surface area contributed by atoms with E-state index in [1.54, 1.807) is 12.4 Å². The van der Waals surface area contributed by atoms with Crippen molar-refractivity contribution in [3.63, 3.8) is 0 Å². The second-order valence-electron chi connectivity index (χ2n) is 6.26. The summed E-state index contributed by atoms with van der Waals surface area (Å²) in [6.07, 6.45) is 6.77. The maximum atomic E-state index is 12.7. The topological polar surface area (TPSA) is 45.2 Å². The molecule has 0 aromatic carbocycles. The molecule has 0 saturated carbocycles. The Hall–Kier alpha value is -1.58. The maximum Gasteiger partial charge on any atom is 0.256 e. The van der Waals surface area contributed by atoms with Crippen molar-refractivity contribution in [2.45, 2.75) is 40.0 Å². The van der Waals surface area contributed by atoms with Crippen molar-refractivity contribution in [3.05, 3.63) is 24.0 Å². The van der Waals surface area contributed by atoms with Crippen molar-refractivity contribution in [1.29, 1.82) is 0 Å². The molecule has 1 aliphatic heterocycles. The first-order valence-electron chi connectivity index (χ1n) is 7.51. The van der Waals surface area contributed by atoms with E-state index in [9.17, 15) is 4.79 Å². The third-order valence-electron chi connectivity index (χ3n) is 4.05. The van der Waals surface area contributed by atoms with E-state index < -0.39 is 0 Å². The van der Waals surface area contributed by atoms with Crippen molar-refractivity contribution in [1.82, 2.24) is 9.88 Å². The number of hydrogen-bond donors (Lipinski definition) is 1. The molecule has 0 unspecified atom stereocenters. The van der Waals surface area contributed by atoms with E-state index in [-0.39, 0.29) is 5.91 Å². The predicted octanol–water partition coefficient (Wildman–Crippen LogP) is 3.17. The molecule has 1 amide bonds. The minimum atomic E-state index is 0.126. The Kier molecular flexibility index (Phi) is 4.63. The van der Waals surface area contributed by atoms with Crippen LogP contribution in [0.2, 0.25) is 0 Å². The summed E-state index contributed by atoms with van der Waals surface area (Å²) in [6, 6.07) is 1.82. The molecule has 1 aromatic heterocycles. The van der Waals surface area contributed by atoms with E-state index in [1.165, 1.54) is 6.42 Å². The molecule has 1 aromatic rings. The van der Waals surface area contributed by atoms with Crippen LogP contribution in [-0.2, 0) is 0 Å². The van der Waals surface area contributed by atoms with Crippen molar-refractivity contribution in [3.8, 4) is 0 Å². The smallest absolute Gasteiger partial charge is 0.256 e. The highest BCUT2D eigenvalue weighted by molar-refractivity contribution is 5.99. The molecule has 0 aliphatic carbocycles. The normalized spacial score (nSPS) is 18.4. The number of carbonyl (C=O) groups excluding carboxylic acids is 1. The van der Waals surface area contributed by atoms with Gasteiger partial charge in [-0.25, -0.2) is 0 Å². The highest BCUT2D eigenvalue weighted by Gasteiger charge is 2.26. The molecule has 1 fully saturated rings. The SMILES string of the molecule is CCNc1cnccc1C(=O)N1CCCC(C)(C)CC1. The number of likely N-dealkylation sites (tertiary alicyclic amines) is 1. The molecule has 4 heteroatoms. The van der Waals surface area contributed by atoms with E-state index in [0.717, 1.165) is 43.7 Å². The van der Waals surface area contributed by atoms with E-state index in [0.29, 0.717) is 5.41 Å². The van der Waals surface area contributed by atoms with Gasteiger partial charge in [-0.3, -0.25) is 9.78 Å². The minimum Gasteiger partial charge on any atom is -0.383 e. The summed E-state index contributed by atoms with van der Waals surface area (Å²) in [5, 5.41) is 3.22. The number of aromatic nitrogens is 1. The molecular formula is C16H25N3O. The molecule has 0 spiro atoms. The van der Waals surface area contributed by atoms with Gasteiger partial charge < -0.3 is 10.2 Å².